The largest absolute Gasteiger partial charge is 0.381 e. The first kappa shape index (κ1) is 24.7. The summed E-state index contributed by atoms with van der Waals surface area (Å²) in [5.74, 6) is 5.54. The van der Waals surface area contributed by atoms with Crippen LogP contribution in [0.3, 0.4) is 0 Å². The Bertz CT molecular complexity index is 1360. The molecule has 5 N–H and O–H groups in total. The van der Waals surface area contributed by atoms with Crippen molar-refractivity contribution in [3.05, 3.63) is 95.8 Å². The number of aromatic amines is 1. The molecule has 37 heavy (non-hydrogen) atoms. The molecule has 0 spiro atoms. The van der Waals surface area contributed by atoms with Gasteiger partial charge in [-0.1, -0.05) is 61.7 Å². The number of nitrogens with two attached hydrogens (primary N) is 1. The zero-order valence-electron chi connectivity index (χ0n) is 20.5. The number of carbonyl (C=O) groups excluding carboxylic acids is 2. The predicted octanol–water partition coefficient (Wildman–Crippen LogP) is 4.35. The summed E-state index contributed by atoms with van der Waals surface area (Å²) < 4.78 is 0. The van der Waals surface area contributed by atoms with E-state index in [-0.39, 0.29) is 5.91 Å². The van der Waals surface area contributed by atoms with Gasteiger partial charge >= 0.3 is 0 Å². The molecule has 0 saturated heterocycles. The van der Waals surface area contributed by atoms with Crippen LogP contribution in [0.15, 0.2) is 79.1 Å². The minimum absolute atomic E-state index is 0.377. The Labute approximate surface area is 215 Å². The van der Waals surface area contributed by atoms with Crippen LogP contribution in [-0.2, 0) is 4.79 Å². The minimum Gasteiger partial charge on any atom is -0.381 e. The SMILES string of the molecule is NN(C(=O)C(O)C(NC(=O)c1ccc(C2CCCCC2)cc1)c1ccccc1)c1ccc2nc[nH]c2c1. The number of anilines is 1. The molecule has 1 aromatic heterocycles. The molecule has 8 heteroatoms. The molecule has 2 unspecified atom stereocenters. The quantitative estimate of drug-likeness (QED) is 0.172. The molecule has 1 heterocycles. The Hall–Kier alpha value is -4.01. The fourth-order valence-electron chi connectivity index (χ4n) is 5.06. The van der Waals surface area contributed by atoms with Gasteiger partial charge in [0, 0.05) is 5.56 Å². The highest BCUT2D eigenvalue weighted by Gasteiger charge is 2.32. The van der Waals surface area contributed by atoms with Crippen LogP contribution >= 0.6 is 0 Å². The van der Waals surface area contributed by atoms with Gasteiger partial charge in [0.1, 0.15) is 0 Å². The maximum atomic E-state index is 13.2. The maximum absolute atomic E-state index is 13.2. The predicted molar refractivity (Wildman–Crippen MR) is 143 cm³/mol. The van der Waals surface area contributed by atoms with E-state index in [1.54, 1.807) is 48.8 Å². The van der Waals surface area contributed by atoms with Crippen LogP contribution in [0, 0.1) is 0 Å². The van der Waals surface area contributed by atoms with Crippen molar-refractivity contribution in [1.29, 1.82) is 0 Å². The molecule has 2 amide bonds. The zero-order chi connectivity index (χ0) is 25.8. The normalized spacial score (nSPS) is 15.7. The molecule has 1 fully saturated rings. The third-order valence-corrected chi connectivity index (χ3v) is 7.18. The number of hydrogen-bond donors (Lipinski definition) is 4. The number of benzene rings is 3. The average Bonchev–Trinajstić information content (AvgIpc) is 3.44. The molecule has 190 valence electrons. The number of hydrazine groups is 1. The van der Waals surface area contributed by atoms with Crippen LogP contribution < -0.4 is 16.2 Å². The molecular formula is C29H31N5O3. The lowest BCUT2D eigenvalue weighted by atomic mass is 9.84. The summed E-state index contributed by atoms with van der Waals surface area (Å²) in [7, 11) is 0. The number of imidazole rings is 1. The van der Waals surface area contributed by atoms with Gasteiger partial charge in [0.2, 0.25) is 0 Å². The summed E-state index contributed by atoms with van der Waals surface area (Å²) in [5, 5.41) is 14.9. The van der Waals surface area contributed by atoms with E-state index in [4.69, 9.17) is 5.84 Å². The molecule has 8 nitrogen and oxygen atoms in total. The van der Waals surface area contributed by atoms with Gasteiger partial charge in [0.25, 0.3) is 11.8 Å². The minimum atomic E-state index is -1.62. The second-order valence-electron chi connectivity index (χ2n) is 9.58. The van der Waals surface area contributed by atoms with E-state index >= 15 is 0 Å². The Balaban J connectivity index is 1.35. The van der Waals surface area contributed by atoms with Gasteiger partial charge in [-0.15, -0.1) is 0 Å². The van der Waals surface area contributed by atoms with Gasteiger partial charge in [0.15, 0.2) is 6.10 Å². The molecule has 0 radical (unpaired) electrons. The Morgan fingerprint density at radius 1 is 1.00 bits per heavy atom. The molecule has 3 aromatic carbocycles. The Morgan fingerprint density at radius 2 is 1.73 bits per heavy atom. The van der Waals surface area contributed by atoms with Gasteiger partial charge in [-0.05, 0) is 60.2 Å². The summed E-state index contributed by atoms with van der Waals surface area (Å²) in [6.07, 6.45) is 6.07. The highest BCUT2D eigenvalue weighted by Crippen LogP contribution is 2.32. The topological polar surface area (TPSA) is 124 Å². The Kier molecular flexibility index (Phi) is 7.30. The van der Waals surface area contributed by atoms with Crippen LogP contribution in [-0.4, -0.2) is 33.0 Å². The first-order valence-corrected chi connectivity index (χ1v) is 12.7. The number of carbonyl (C=O) groups is 2. The number of nitrogens with one attached hydrogen (secondary N) is 2. The molecular weight excluding hydrogens is 466 g/mol. The molecule has 1 aliphatic carbocycles. The molecule has 2 atom stereocenters. The van der Waals surface area contributed by atoms with Crippen molar-refractivity contribution in [2.75, 3.05) is 5.01 Å². The van der Waals surface area contributed by atoms with Crippen molar-refractivity contribution >= 4 is 28.5 Å². The van der Waals surface area contributed by atoms with E-state index in [1.165, 1.54) is 37.7 Å². The lowest BCUT2D eigenvalue weighted by Crippen LogP contribution is -2.50. The van der Waals surface area contributed by atoms with Crippen molar-refractivity contribution in [2.24, 2.45) is 5.84 Å². The third kappa shape index (κ3) is 5.40. The number of nitrogens with zero attached hydrogens (tertiary/aromatic N) is 2. The fraction of sp³-hybridized carbons (Fsp3) is 0.276. The standard InChI is InChI=1S/C29H31N5O3/c30-34(23-15-16-24-25(17-23)32-18-31-24)29(37)27(35)26(21-9-5-2-6-10-21)33-28(36)22-13-11-20(12-14-22)19-7-3-1-4-8-19/h2,5-6,9-19,26-27,35H,1,3-4,7-8,30H2,(H,31,32)(H,33,36). The lowest BCUT2D eigenvalue weighted by molar-refractivity contribution is -0.128. The smallest absolute Gasteiger partial charge is 0.272 e. The van der Waals surface area contributed by atoms with Crippen molar-refractivity contribution in [2.45, 2.75) is 50.2 Å². The van der Waals surface area contributed by atoms with E-state index in [2.05, 4.69) is 15.3 Å². The van der Waals surface area contributed by atoms with Gasteiger partial charge in [-0.2, -0.15) is 0 Å². The number of H-pyrrole nitrogens is 1. The van der Waals surface area contributed by atoms with Crippen LogP contribution in [0.2, 0.25) is 0 Å². The Morgan fingerprint density at radius 3 is 2.46 bits per heavy atom. The van der Waals surface area contributed by atoms with Crippen LogP contribution in [0.4, 0.5) is 5.69 Å². The van der Waals surface area contributed by atoms with Crippen molar-refractivity contribution in [3.63, 3.8) is 0 Å². The van der Waals surface area contributed by atoms with E-state index in [1.807, 2.05) is 30.3 Å². The zero-order valence-corrected chi connectivity index (χ0v) is 20.5. The third-order valence-electron chi connectivity index (χ3n) is 7.18. The summed E-state index contributed by atoms with van der Waals surface area (Å²) in [5.41, 5.74) is 4.13. The number of aromatic nitrogens is 2. The van der Waals surface area contributed by atoms with E-state index in [9.17, 15) is 14.7 Å². The van der Waals surface area contributed by atoms with Gasteiger partial charge in [-0.25, -0.2) is 15.8 Å². The first-order chi connectivity index (χ1) is 18.0. The molecule has 0 bridgehead atoms. The molecule has 1 aliphatic rings. The van der Waals surface area contributed by atoms with Crippen molar-refractivity contribution < 1.29 is 14.7 Å². The van der Waals surface area contributed by atoms with Crippen molar-refractivity contribution in [1.82, 2.24) is 15.3 Å². The summed E-state index contributed by atoms with van der Waals surface area (Å²) in [4.78, 5) is 33.6. The fourth-order valence-corrected chi connectivity index (χ4v) is 5.06. The average molecular weight is 498 g/mol. The van der Waals surface area contributed by atoms with Crippen LogP contribution in [0.5, 0.6) is 0 Å². The number of aliphatic hydroxyl groups excluding tert-OH is 1. The molecule has 1 saturated carbocycles. The van der Waals surface area contributed by atoms with E-state index in [0.29, 0.717) is 28.2 Å². The summed E-state index contributed by atoms with van der Waals surface area (Å²) in [6.45, 7) is 0. The first-order valence-electron chi connectivity index (χ1n) is 12.7. The summed E-state index contributed by atoms with van der Waals surface area (Å²) >= 11 is 0. The number of hydrogen-bond acceptors (Lipinski definition) is 5. The van der Waals surface area contributed by atoms with E-state index in [0.717, 1.165) is 10.5 Å². The van der Waals surface area contributed by atoms with Crippen molar-refractivity contribution in [3.8, 4) is 0 Å². The highest BCUT2D eigenvalue weighted by atomic mass is 16.3. The number of rotatable bonds is 7. The number of aliphatic hydroxyl groups is 1. The highest BCUT2D eigenvalue weighted by molar-refractivity contribution is 5.99. The summed E-state index contributed by atoms with van der Waals surface area (Å²) in [6, 6.07) is 20.6. The molecule has 5 rings (SSSR count). The van der Waals surface area contributed by atoms with Gasteiger partial charge < -0.3 is 15.4 Å². The number of fused-ring (bicyclic) bond motifs is 1. The van der Waals surface area contributed by atoms with Gasteiger partial charge in [0.05, 0.1) is 29.1 Å². The van der Waals surface area contributed by atoms with E-state index < -0.39 is 18.1 Å². The number of amides is 2. The molecule has 0 aliphatic heterocycles. The monoisotopic (exact) mass is 497 g/mol. The van der Waals surface area contributed by atoms with Crippen LogP contribution in [0.1, 0.15) is 65.5 Å². The lowest BCUT2D eigenvalue weighted by Gasteiger charge is -2.27. The maximum Gasteiger partial charge on any atom is 0.272 e. The van der Waals surface area contributed by atoms with Gasteiger partial charge in [-0.3, -0.25) is 9.59 Å². The second-order valence-corrected chi connectivity index (χ2v) is 9.58. The molecule has 4 aromatic rings. The van der Waals surface area contributed by atoms with Crippen LogP contribution in [0.25, 0.3) is 11.0 Å². The second kappa shape index (κ2) is 10.9.